The summed E-state index contributed by atoms with van der Waals surface area (Å²) in [5.41, 5.74) is -4.76. The molecule has 3 fully saturated rings. The van der Waals surface area contributed by atoms with E-state index in [1.165, 1.54) is 27.9 Å². The second kappa shape index (κ2) is 19.2. The quantitative estimate of drug-likeness (QED) is 0.252. The molecule has 0 aromatic rings. The summed E-state index contributed by atoms with van der Waals surface area (Å²) in [5.74, 6) is -6.02. The van der Waals surface area contributed by atoms with Crippen molar-refractivity contribution >= 4 is 23.7 Å². The number of carbonyl (C=O) groups excluding carboxylic acids is 4. The van der Waals surface area contributed by atoms with Crippen LogP contribution in [0, 0.1) is 23.7 Å². The molecule has 3 saturated heterocycles. The molecule has 0 aromatic heterocycles. The van der Waals surface area contributed by atoms with Crippen LogP contribution >= 0.6 is 0 Å². The van der Waals surface area contributed by atoms with Gasteiger partial charge in [0.1, 0.15) is 29.2 Å². The summed E-state index contributed by atoms with van der Waals surface area (Å²) in [6.07, 6.45) is -6.66. The standard InChI is InChI=1S/C41H71NO14/c1-16-30-41(12,48)36(52-27(8)43)23(4)33(45)21(2)19-39(10,47)35(56-31-18-29(42(13)14)17-22(3)50-31)24(5)34(25(6)38(46)54-30)55-32-20-40(11,49-15)37(26(7)51-32)53-28(9)44/h21-26,29-32,34-37,47-48H,16-20H2,1-15H3/t21-,22-,23+,24+,25-,26+,29+,30-,31+,32?,34+,35-,36-,37+,39-,40-,41-/m1/s1. The highest BCUT2D eigenvalue weighted by Crippen LogP contribution is 2.41. The van der Waals surface area contributed by atoms with E-state index in [1.807, 2.05) is 21.0 Å². The number of hydrogen-bond acceptors (Lipinski definition) is 15. The first-order chi connectivity index (χ1) is 25.8. The summed E-state index contributed by atoms with van der Waals surface area (Å²) < 4.78 is 49.4. The van der Waals surface area contributed by atoms with Gasteiger partial charge in [0.25, 0.3) is 0 Å². The van der Waals surface area contributed by atoms with Crippen LogP contribution in [0.4, 0.5) is 0 Å². The fraction of sp³-hybridized carbons (Fsp3) is 0.902. The molecule has 0 radical (unpaired) electrons. The number of ether oxygens (including phenoxy) is 8. The molecule has 0 saturated carbocycles. The zero-order valence-electron chi connectivity index (χ0n) is 36.4. The maximum absolute atomic E-state index is 14.4. The van der Waals surface area contributed by atoms with Gasteiger partial charge in [-0.1, -0.05) is 27.7 Å². The van der Waals surface area contributed by atoms with Crippen molar-refractivity contribution in [2.45, 2.75) is 193 Å². The van der Waals surface area contributed by atoms with Crippen LogP contribution in [0.3, 0.4) is 0 Å². The van der Waals surface area contributed by atoms with E-state index in [0.717, 1.165) is 6.42 Å². The van der Waals surface area contributed by atoms with Gasteiger partial charge in [0, 0.05) is 51.7 Å². The lowest BCUT2D eigenvalue weighted by Gasteiger charge is -2.49. The minimum atomic E-state index is -1.99. The highest BCUT2D eigenvalue weighted by molar-refractivity contribution is 5.84. The molecule has 324 valence electrons. The smallest absolute Gasteiger partial charge is 0.311 e. The predicted molar refractivity (Wildman–Crippen MR) is 204 cm³/mol. The summed E-state index contributed by atoms with van der Waals surface area (Å²) in [6.45, 7) is 19.3. The van der Waals surface area contributed by atoms with Gasteiger partial charge in [0.2, 0.25) is 0 Å². The van der Waals surface area contributed by atoms with Crippen molar-refractivity contribution in [1.29, 1.82) is 0 Å². The van der Waals surface area contributed by atoms with Gasteiger partial charge in [0.15, 0.2) is 18.7 Å². The van der Waals surface area contributed by atoms with Gasteiger partial charge in [-0.15, -0.1) is 0 Å². The molecule has 56 heavy (non-hydrogen) atoms. The number of methoxy groups -OCH3 is 1. The van der Waals surface area contributed by atoms with E-state index >= 15 is 0 Å². The Kier molecular flexibility index (Phi) is 16.5. The van der Waals surface area contributed by atoms with Gasteiger partial charge in [-0.2, -0.15) is 0 Å². The van der Waals surface area contributed by atoms with E-state index in [4.69, 9.17) is 37.9 Å². The molecule has 0 spiro atoms. The fourth-order valence-electron chi connectivity index (χ4n) is 9.13. The number of carbonyl (C=O) groups is 4. The number of hydrogen-bond donors (Lipinski definition) is 2. The fourth-order valence-corrected chi connectivity index (χ4v) is 9.13. The molecular formula is C41H71NO14. The van der Waals surface area contributed by atoms with E-state index < -0.39 is 108 Å². The van der Waals surface area contributed by atoms with Crippen molar-refractivity contribution < 1.29 is 67.3 Å². The highest BCUT2D eigenvalue weighted by Gasteiger charge is 2.54. The zero-order chi connectivity index (χ0) is 42.7. The lowest BCUT2D eigenvalue weighted by atomic mass is 9.74. The first kappa shape index (κ1) is 48.1. The maximum Gasteiger partial charge on any atom is 0.311 e. The van der Waals surface area contributed by atoms with Crippen molar-refractivity contribution in [1.82, 2.24) is 4.90 Å². The summed E-state index contributed by atoms with van der Waals surface area (Å²) >= 11 is 0. The Morgan fingerprint density at radius 3 is 1.95 bits per heavy atom. The first-order valence-corrected chi connectivity index (χ1v) is 20.2. The number of ketones is 1. The van der Waals surface area contributed by atoms with Crippen LogP contribution in [0.15, 0.2) is 0 Å². The minimum Gasteiger partial charge on any atom is -0.459 e. The number of aliphatic hydroxyl groups is 2. The van der Waals surface area contributed by atoms with Gasteiger partial charge >= 0.3 is 17.9 Å². The highest BCUT2D eigenvalue weighted by atomic mass is 16.7. The maximum atomic E-state index is 14.4. The lowest BCUT2D eigenvalue weighted by Crippen LogP contribution is -2.60. The molecule has 3 heterocycles. The average molecular weight is 802 g/mol. The molecule has 0 amide bonds. The summed E-state index contributed by atoms with van der Waals surface area (Å²) in [6, 6.07) is 0.121. The molecule has 3 aliphatic heterocycles. The average Bonchev–Trinajstić information content (AvgIpc) is 3.09. The molecule has 17 atom stereocenters. The second-order valence-electron chi connectivity index (χ2n) is 17.5. The molecule has 2 N–H and O–H groups in total. The van der Waals surface area contributed by atoms with Gasteiger partial charge < -0.3 is 53.0 Å². The van der Waals surface area contributed by atoms with Crippen LogP contribution in [0.25, 0.3) is 0 Å². The Morgan fingerprint density at radius 2 is 1.41 bits per heavy atom. The van der Waals surface area contributed by atoms with Crippen molar-refractivity contribution in [3.8, 4) is 0 Å². The van der Waals surface area contributed by atoms with Gasteiger partial charge in [-0.05, 0) is 74.9 Å². The summed E-state index contributed by atoms with van der Waals surface area (Å²) in [7, 11) is 5.48. The van der Waals surface area contributed by atoms with Crippen LogP contribution in [0.5, 0.6) is 0 Å². The summed E-state index contributed by atoms with van der Waals surface area (Å²) in [5, 5.41) is 24.6. The van der Waals surface area contributed by atoms with Crippen LogP contribution < -0.4 is 0 Å². The molecule has 3 rings (SSSR count). The molecule has 15 heteroatoms. The topological polar surface area (TPSA) is 186 Å². The SMILES string of the molecule is CC[C@H]1OC(=O)[C@H](C)[C@@H](OC2C[C@@](C)(OC)[C@@H](OC(C)=O)[C@H](C)O2)[C@H](C)[C@@H](O[C@H]2C[C@@H](N(C)C)C[C@@H](C)O2)[C@](C)(O)C[C@@H](C)C(=O)[C@H](C)[C@@H](OC(C)=O)[C@]1(C)O. The second-order valence-corrected chi connectivity index (χ2v) is 17.5. The van der Waals surface area contributed by atoms with Crippen LogP contribution in [-0.2, 0) is 57.1 Å². The number of Topliss-reactive ketones (excluding diaryl/α,β-unsaturated/α-hetero) is 1. The first-order valence-electron chi connectivity index (χ1n) is 20.2. The predicted octanol–water partition coefficient (Wildman–Crippen LogP) is 3.96. The van der Waals surface area contributed by atoms with Gasteiger partial charge in [-0.25, -0.2) is 0 Å². The van der Waals surface area contributed by atoms with Crippen molar-refractivity contribution in [2.24, 2.45) is 23.7 Å². The number of esters is 3. The number of cyclic esters (lactones) is 1. The molecular weight excluding hydrogens is 730 g/mol. The van der Waals surface area contributed by atoms with Crippen molar-refractivity contribution in [3.63, 3.8) is 0 Å². The Hall–Kier alpha value is -2.24. The molecule has 0 aromatic carbocycles. The van der Waals surface area contributed by atoms with Crippen molar-refractivity contribution in [2.75, 3.05) is 21.2 Å². The van der Waals surface area contributed by atoms with E-state index in [9.17, 15) is 29.4 Å². The molecule has 0 bridgehead atoms. The van der Waals surface area contributed by atoms with E-state index in [1.54, 1.807) is 55.4 Å². The third kappa shape index (κ3) is 11.3. The Balaban J connectivity index is 2.20. The molecule has 3 aliphatic rings. The normalized spacial score (nSPS) is 44.8. The Bertz CT molecular complexity index is 1360. The third-order valence-corrected chi connectivity index (χ3v) is 12.2. The van der Waals surface area contributed by atoms with Gasteiger partial charge in [-0.3, -0.25) is 19.2 Å². The summed E-state index contributed by atoms with van der Waals surface area (Å²) in [4.78, 5) is 55.1. The van der Waals surface area contributed by atoms with E-state index in [0.29, 0.717) is 6.42 Å². The van der Waals surface area contributed by atoms with Crippen molar-refractivity contribution in [3.05, 3.63) is 0 Å². The lowest BCUT2D eigenvalue weighted by molar-refractivity contribution is -0.310. The van der Waals surface area contributed by atoms with Crippen LogP contribution in [0.1, 0.15) is 115 Å². The molecule has 15 nitrogen and oxygen atoms in total. The minimum absolute atomic E-state index is 0.0922. The Labute approximate surface area is 333 Å². The Morgan fingerprint density at radius 1 is 0.821 bits per heavy atom. The third-order valence-electron chi connectivity index (χ3n) is 12.2. The van der Waals surface area contributed by atoms with E-state index in [-0.39, 0.29) is 37.2 Å². The van der Waals surface area contributed by atoms with Crippen LogP contribution in [0.2, 0.25) is 0 Å². The number of rotatable bonds is 9. The molecule has 1 unspecified atom stereocenters. The van der Waals surface area contributed by atoms with E-state index in [2.05, 4.69) is 4.90 Å². The van der Waals surface area contributed by atoms with Crippen LogP contribution in [-0.4, -0.2) is 138 Å². The largest absolute Gasteiger partial charge is 0.459 e. The number of nitrogens with zero attached hydrogens (tertiary/aromatic N) is 1. The molecule has 0 aliphatic carbocycles. The monoisotopic (exact) mass is 801 g/mol. The van der Waals surface area contributed by atoms with Gasteiger partial charge in [0.05, 0.1) is 41.9 Å². The zero-order valence-corrected chi connectivity index (χ0v) is 36.4.